The van der Waals surface area contributed by atoms with Gasteiger partial charge in [0.25, 0.3) is 0 Å². The van der Waals surface area contributed by atoms with Crippen molar-refractivity contribution < 1.29 is 14.3 Å². The Kier molecular flexibility index (Phi) is 5.48. The van der Waals surface area contributed by atoms with Crippen LogP contribution in [0.1, 0.15) is 20.8 Å². The number of amides is 1. The molecule has 0 aliphatic heterocycles. The Morgan fingerprint density at radius 2 is 2.05 bits per heavy atom. The fourth-order valence-corrected chi connectivity index (χ4v) is 1.50. The number of carbonyl (C=O) groups is 1. The predicted molar refractivity (Wildman–Crippen MR) is 77.3 cm³/mol. The first-order valence-electron chi connectivity index (χ1n) is 6.13. The molecule has 1 aromatic carbocycles. The highest BCUT2D eigenvalue weighted by Gasteiger charge is 2.26. The van der Waals surface area contributed by atoms with Crippen molar-refractivity contribution in [3.05, 3.63) is 18.2 Å². The third-order valence-corrected chi connectivity index (χ3v) is 3.34. The molecule has 4 nitrogen and oxygen atoms in total. The third kappa shape index (κ3) is 4.03. The summed E-state index contributed by atoms with van der Waals surface area (Å²) in [4.78, 5) is 12.0. The van der Waals surface area contributed by atoms with Crippen molar-refractivity contribution in [3.63, 3.8) is 0 Å². The topological polar surface area (TPSA) is 47.6 Å². The van der Waals surface area contributed by atoms with Gasteiger partial charge in [-0.1, -0.05) is 0 Å². The van der Waals surface area contributed by atoms with Crippen molar-refractivity contribution in [1.29, 1.82) is 0 Å². The maximum atomic E-state index is 12.0. The summed E-state index contributed by atoms with van der Waals surface area (Å²) in [7, 11) is 1.56. The fourth-order valence-electron chi connectivity index (χ4n) is 1.38. The lowest BCUT2D eigenvalue weighted by Crippen LogP contribution is -2.32. The van der Waals surface area contributed by atoms with E-state index in [9.17, 15) is 4.79 Å². The summed E-state index contributed by atoms with van der Waals surface area (Å²) in [6.45, 7) is 6.04. The molecule has 0 bridgehead atoms. The highest BCUT2D eigenvalue weighted by Crippen LogP contribution is 2.31. The number of hydrogen-bond donors (Lipinski definition) is 1. The largest absolute Gasteiger partial charge is 0.493 e. The Morgan fingerprint density at radius 3 is 2.58 bits per heavy atom. The van der Waals surface area contributed by atoms with Crippen LogP contribution < -0.4 is 14.8 Å². The molecule has 0 spiro atoms. The van der Waals surface area contributed by atoms with Crippen LogP contribution in [-0.2, 0) is 4.79 Å². The van der Waals surface area contributed by atoms with E-state index in [0.717, 1.165) is 0 Å². The van der Waals surface area contributed by atoms with Gasteiger partial charge in [0, 0.05) is 17.6 Å². The Labute approximate surface area is 119 Å². The molecule has 1 rings (SSSR count). The summed E-state index contributed by atoms with van der Waals surface area (Å²) < 4.78 is 10.6. The first-order chi connectivity index (χ1) is 8.94. The minimum absolute atomic E-state index is 0.131. The van der Waals surface area contributed by atoms with Crippen molar-refractivity contribution in [2.45, 2.75) is 20.8 Å². The number of ether oxygens (including phenoxy) is 2. The molecule has 1 N–H and O–H groups in total. The normalized spacial score (nSPS) is 11.0. The molecule has 0 heterocycles. The molecule has 1 aromatic rings. The summed E-state index contributed by atoms with van der Waals surface area (Å²) in [5, 5.41) is 2.82. The fraction of sp³-hybridized carbons (Fsp3) is 0.500. The van der Waals surface area contributed by atoms with E-state index in [0.29, 0.717) is 23.8 Å². The van der Waals surface area contributed by atoms with Gasteiger partial charge in [-0.3, -0.25) is 4.79 Å². The van der Waals surface area contributed by atoms with E-state index in [2.05, 4.69) is 5.32 Å². The molecular weight excluding hydrogens is 266 g/mol. The lowest BCUT2D eigenvalue weighted by atomic mass is 9.95. The van der Waals surface area contributed by atoms with Crippen molar-refractivity contribution in [3.8, 4) is 11.5 Å². The number of anilines is 1. The first-order valence-corrected chi connectivity index (χ1v) is 6.66. The van der Waals surface area contributed by atoms with Gasteiger partial charge in [-0.15, -0.1) is 11.6 Å². The number of alkyl halides is 1. The number of methoxy groups -OCH3 is 1. The summed E-state index contributed by atoms with van der Waals surface area (Å²) >= 11 is 5.77. The maximum Gasteiger partial charge on any atom is 0.231 e. The van der Waals surface area contributed by atoms with Gasteiger partial charge in [0.1, 0.15) is 0 Å². The van der Waals surface area contributed by atoms with Crippen LogP contribution in [0.5, 0.6) is 11.5 Å². The van der Waals surface area contributed by atoms with Crippen molar-refractivity contribution in [1.82, 2.24) is 0 Å². The number of carbonyl (C=O) groups excluding carboxylic acids is 1. The van der Waals surface area contributed by atoms with Crippen molar-refractivity contribution >= 4 is 23.2 Å². The summed E-state index contributed by atoms with van der Waals surface area (Å²) in [6, 6.07) is 5.27. The lowest BCUT2D eigenvalue weighted by Gasteiger charge is -2.20. The third-order valence-electron chi connectivity index (χ3n) is 2.67. The summed E-state index contributed by atoms with van der Waals surface area (Å²) in [6.07, 6.45) is 0. The van der Waals surface area contributed by atoms with Crippen LogP contribution in [0.15, 0.2) is 18.2 Å². The van der Waals surface area contributed by atoms with Gasteiger partial charge in [0.05, 0.1) is 19.1 Å². The monoisotopic (exact) mass is 285 g/mol. The zero-order valence-corrected chi connectivity index (χ0v) is 12.5. The Morgan fingerprint density at radius 1 is 1.37 bits per heavy atom. The zero-order valence-electron chi connectivity index (χ0n) is 11.7. The SMILES string of the molecule is CCOc1ccc(NC(=O)C(C)(C)CCl)cc1OC. The van der Waals surface area contributed by atoms with E-state index in [1.54, 1.807) is 39.2 Å². The number of benzene rings is 1. The molecule has 1 amide bonds. The average Bonchev–Trinajstić information content (AvgIpc) is 2.40. The van der Waals surface area contributed by atoms with E-state index in [1.807, 2.05) is 6.92 Å². The van der Waals surface area contributed by atoms with Crippen LogP contribution in [-0.4, -0.2) is 25.5 Å². The van der Waals surface area contributed by atoms with E-state index in [1.165, 1.54) is 0 Å². The van der Waals surface area contributed by atoms with Gasteiger partial charge >= 0.3 is 0 Å². The number of nitrogens with one attached hydrogen (secondary N) is 1. The molecule has 0 unspecified atom stereocenters. The molecule has 0 fully saturated rings. The highest BCUT2D eigenvalue weighted by molar-refractivity contribution is 6.20. The zero-order chi connectivity index (χ0) is 14.5. The molecule has 0 aliphatic carbocycles. The Hall–Kier alpha value is -1.42. The predicted octanol–water partition coefficient (Wildman–Crippen LogP) is 3.30. The average molecular weight is 286 g/mol. The second-order valence-corrected chi connectivity index (χ2v) is 5.04. The van der Waals surface area contributed by atoms with Gasteiger partial charge in [-0.25, -0.2) is 0 Å². The number of rotatable bonds is 6. The van der Waals surface area contributed by atoms with Crippen LogP contribution >= 0.6 is 11.6 Å². The molecule has 106 valence electrons. The second kappa shape index (κ2) is 6.66. The molecular formula is C14H20ClNO3. The molecule has 5 heteroatoms. The minimum Gasteiger partial charge on any atom is -0.493 e. The van der Waals surface area contributed by atoms with Crippen LogP contribution in [0.25, 0.3) is 0 Å². The second-order valence-electron chi connectivity index (χ2n) is 4.77. The van der Waals surface area contributed by atoms with Gasteiger partial charge in [0.15, 0.2) is 11.5 Å². The standard InChI is InChI=1S/C14H20ClNO3/c1-5-19-11-7-6-10(8-12(11)18-4)16-13(17)14(2,3)9-15/h6-8H,5,9H2,1-4H3,(H,16,17). The molecule has 19 heavy (non-hydrogen) atoms. The van der Waals surface area contributed by atoms with Gasteiger partial charge in [-0.05, 0) is 32.9 Å². The number of halogens is 1. The van der Waals surface area contributed by atoms with E-state index in [4.69, 9.17) is 21.1 Å². The highest BCUT2D eigenvalue weighted by atomic mass is 35.5. The molecule has 0 aliphatic rings. The van der Waals surface area contributed by atoms with Gasteiger partial charge < -0.3 is 14.8 Å². The van der Waals surface area contributed by atoms with E-state index >= 15 is 0 Å². The van der Waals surface area contributed by atoms with Crippen molar-refractivity contribution in [2.24, 2.45) is 5.41 Å². The first kappa shape index (κ1) is 15.6. The number of hydrogen-bond acceptors (Lipinski definition) is 3. The smallest absolute Gasteiger partial charge is 0.231 e. The van der Waals surface area contributed by atoms with Crippen molar-refractivity contribution in [2.75, 3.05) is 24.9 Å². The van der Waals surface area contributed by atoms with Gasteiger partial charge in [-0.2, -0.15) is 0 Å². The molecule has 0 saturated carbocycles. The van der Waals surface area contributed by atoms with Crippen LogP contribution in [0.4, 0.5) is 5.69 Å². The lowest BCUT2D eigenvalue weighted by molar-refractivity contribution is -0.122. The summed E-state index contributed by atoms with van der Waals surface area (Å²) in [5.41, 5.74) is 0.0383. The maximum absolute atomic E-state index is 12.0. The molecule has 0 saturated heterocycles. The van der Waals surface area contributed by atoms with Gasteiger partial charge in [0.2, 0.25) is 5.91 Å². The van der Waals surface area contributed by atoms with E-state index in [-0.39, 0.29) is 11.8 Å². The Balaban J connectivity index is 2.89. The van der Waals surface area contributed by atoms with Crippen LogP contribution in [0, 0.1) is 5.41 Å². The molecule has 0 atom stereocenters. The van der Waals surface area contributed by atoms with Crippen LogP contribution in [0.2, 0.25) is 0 Å². The van der Waals surface area contributed by atoms with Crippen LogP contribution in [0.3, 0.4) is 0 Å². The molecule has 0 radical (unpaired) electrons. The van der Waals surface area contributed by atoms with E-state index < -0.39 is 5.41 Å². The quantitative estimate of drug-likeness (QED) is 0.816. The Bertz CT molecular complexity index is 446. The minimum atomic E-state index is -0.618. The summed E-state index contributed by atoms with van der Waals surface area (Å²) in [5.74, 6) is 1.36. The molecule has 0 aromatic heterocycles.